The van der Waals surface area contributed by atoms with Gasteiger partial charge in [0.15, 0.2) is 0 Å². The van der Waals surface area contributed by atoms with E-state index in [2.05, 4.69) is 0 Å². The van der Waals surface area contributed by atoms with Crippen molar-refractivity contribution in [3.05, 3.63) is 0 Å². The Labute approximate surface area is 99.7 Å². The maximum atomic E-state index is 5.70. The first-order valence-electron chi connectivity index (χ1n) is 6.05. The molecule has 5 heteroatoms. The second-order valence-electron chi connectivity index (χ2n) is 4.52. The number of hydrogen-bond acceptors (Lipinski definition) is 4. The second-order valence-corrected chi connectivity index (χ2v) is 8.02. The molecule has 0 amide bonds. The van der Waals surface area contributed by atoms with Crippen molar-refractivity contribution in [2.45, 2.75) is 37.5 Å². The summed E-state index contributed by atoms with van der Waals surface area (Å²) in [4.78, 5) is 0. The van der Waals surface area contributed by atoms with E-state index in [-0.39, 0.29) is 5.73 Å². The first kappa shape index (κ1) is 14.1. The van der Waals surface area contributed by atoms with Crippen molar-refractivity contribution in [2.75, 3.05) is 27.9 Å². The number of nitrogens with two attached hydrogens (primary N) is 1. The maximum absolute atomic E-state index is 5.70. The Morgan fingerprint density at radius 2 is 1.88 bits per heavy atom. The molecule has 0 radical (unpaired) electrons. The van der Waals surface area contributed by atoms with Gasteiger partial charge in [0.2, 0.25) is 0 Å². The summed E-state index contributed by atoms with van der Waals surface area (Å²) in [5.74, 6) is 0.696. The average Bonchev–Trinajstić information content (AvgIpc) is 2.35. The highest BCUT2D eigenvalue weighted by molar-refractivity contribution is 6.69. The maximum Gasteiger partial charge on any atom is 0.367 e. The minimum Gasteiger partial charge on any atom is -0.396 e. The number of ether oxygens (including phenoxy) is 1. The predicted octanol–water partition coefficient (Wildman–Crippen LogP) is 1.42. The molecule has 1 fully saturated rings. The molecule has 0 aliphatic carbocycles. The molecule has 1 aliphatic rings. The molecule has 0 bridgehead atoms. The minimum atomic E-state index is -2.14. The van der Waals surface area contributed by atoms with Crippen LogP contribution in [0.5, 0.6) is 0 Å². The van der Waals surface area contributed by atoms with Crippen LogP contribution in [-0.2, 0) is 13.6 Å². The largest absolute Gasteiger partial charge is 0.396 e. The van der Waals surface area contributed by atoms with E-state index < -0.39 is 8.56 Å². The van der Waals surface area contributed by atoms with Crippen LogP contribution in [0.1, 0.15) is 25.7 Å². The van der Waals surface area contributed by atoms with Crippen LogP contribution >= 0.6 is 0 Å². The summed E-state index contributed by atoms with van der Waals surface area (Å²) >= 11 is 0. The van der Waals surface area contributed by atoms with Crippen molar-refractivity contribution in [3.63, 3.8) is 0 Å². The zero-order valence-electron chi connectivity index (χ0n) is 10.7. The molecule has 1 rings (SSSR count). The van der Waals surface area contributed by atoms with Crippen LogP contribution in [0.2, 0.25) is 6.04 Å². The Hall–Kier alpha value is 0.0569. The summed E-state index contributed by atoms with van der Waals surface area (Å²) < 4.78 is 16.9. The molecular weight excluding hydrogens is 222 g/mol. The SMILES string of the molecule is COC1CCC(CCCN)C[Si]1(OC)OC. The van der Waals surface area contributed by atoms with Gasteiger partial charge in [-0.1, -0.05) is 0 Å². The van der Waals surface area contributed by atoms with Crippen molar-refractivity contribution >= 4 is 8.56 Å². The van der Waals surface area contributed by atoms with Gasteiger partial charge in [0.05, 0.1) is 0 Å². The first-order chi connectivity index (χ1) is 7.72. The Bertz CT molecular complexity index is 200. The van der Waals surface area contributed by atoms with Crippen LogP contribution in [0, 0.1) is 5.92 Å². The van der Waals surface area contributed by atoms with Gasteiger partial charge in [-0.25, -0.2) is 0 Å². The van der Waals surface area contributed by atoms with E-state index in [0.29, 0.717) is 5.92 Å². The molecule has 2 unspecified atom stereocenters. The van der Waals surface area contributed by atoms with Crippen LogP contribution < -0.4 is 5.73 Å². The second kappa shape index (κ2) is 6.71. The average molecular weight is 247 g/mol. The van der Waals surface area contributed by atoms with E-state index in [0.717, 1.165) is 25.4 Å². The lowest BCUT2D eigenvalue weighted by Gasteiger charge is -2.41. The van der Waals surface area contributed by atoms with Crippen molar-refractivity contribution in [1.82, 2.24) is 0 Å². The van der Waals surface area contributed by atoms with Gasteiger partial charge >= 0.3 is 8.56 Å². The summed E-state index contributed by atoms with van der Waals surface area (Å²) in [5.41, 5.74) is 5.73. The molecule has 1 aliphatic heterocycles. The Morgan fingerprint density at radius 3 is 2.38 bits per heavy atom. The molecule has 0 saturated carbocycles. The van der Waals surface area contributed by atoms with Crippen LogP contribution in [0.15, 0.2) is 0 Å². The minimum absolute atomic E-state index is 0.177. The van der Waals surface area contributed by atoms with Crippen LogP contribution in [0.25, 0.3) is 0 Å². The first-order valence-corrected chi connectivity index (χ1v) is 8.15. The number of hydrogen-bond donors (Lipinski definition) is 1. The fraction of sp³-hybridized carbons (Fsp3) is 1.00. The highest BCUT2D eigenvalue weighted by atomic mass is 28.4. The Morgan fingerprint density at radius 1 is 1.19 bits per heavy atom. The number of rotatable bonds is 6. The van der Waals surface area contributed by atoms with Crippen LogP contribution in [0.3, 0.4) is 0 Å². The van der Waals surface area contributed by atoms with Gasteiger partial charge in [-0.05, 0) is 44.2 Å². The standard InChI is InChI=1S/C11H25NO3Si/c1-13-11-7-6-10(5-4-8-12)9-16(11,14-2)15-3/h10-11H,4-9,12H2,1-3H3. The fourth-order valence-corrected chi connectivity index (χ4v) is 6.17. The van der Waals surface area contributed by atoms with Gasteiger partial charge in [-0.3, -0.25) is 0 Å². The molecule has 2 atom stereocenters. The van der Waals surface area contributed by atoms with Gasteiger partial charge in [0, 0.05) is 21.3 Å². The van der Waals surface area contributed by atoms with E-state index in [1.807, 2.05) is 0 Å². The van der Waals surface area contributed by atoms with Gasteiger partial charge in [0.25, 0.3) is 0 Å². The molecular formula is C11H25NO3Si. The highest BCUT2D eigenvalue weighted by Gasteiger charge is 2.49. The van der Waals surface area contributed by atoms with Crippen LogP contribution in [-0.4, -0.2) is 42.2 Å². The van der Waals surface area contributed by atoms with E-state index in [1.54, 1.807) is 21.3 Å². The van der Waals surface area contributed by atoms with E-state index >= 15 is 0 Å². The smallest absolute Gasteiger partial charge is 0.367 e. The fourth-order valence-electron chi connectivity index (χ4n) is 2.71. The molecule has 96 valence electrons. The van der Waals surface area contributed by atoms with E-state index in [1.165, 1.54) is 12.8 Å². The molecule has 1 heterocycles. The summed E-state index contributed by atoms with van der Waals surface area (Å²) in [6.45, 7) is 0.777. The van der Waals surface area contributed by atoms with Gasteiger partial charge < -0.3 is 19.3 Å². The molecule has 4 nitrogen and oxygen atoms in total. The zero-order chi connectivity index (χ0) is 12.0. The van der Waals surface area contributed by atoms with Gasteiger partial charge in [-0.15, -0.1) is 0 Å². The predicted molar refractivity (Wildman–Crippen MR) is 66.4 cm³/mol. The van der Waals surface area contributed by atoms with E-state index in [9.17, 15) is 0 Å². The summed E-state index contributed by atoms with van der Waals surface area (Å²) in [6.07, 6.45) is 4.55. The van der Waals surface area contributed by atoms with Crippen molar-refractivity contribution in [3.8, 4) is 0 Å². The lowest BCUT2D eigenvalue weighted by molar-refractivity contribution is 0.0700. The lowest BCUT2D eigenvalue weighted by atomic mass is 9.99. The third-order valence-electron chi connectivity index (χ3n) is 3.69. The third kappa shape index (κ3) is 3.04. The molecule has 0 aromatic carbocycles. The summed E-state index contributed by atoms with van der Waals surface area (Å²) in [6, 6.07) is 1.04. The monoisotopic (exact) mass is 247 g/mol. The lowest BCUT2D eigenvalue weighted by Crippen LogP contribution is -2.56. The quantitative estimate of drug-likeness (QED) is 0.721. The molecule has 0 spiro atoms. The van der Waals surface area contributed by atoms with Gasteiger partial charge in [-0.2, -0.15) is 0 Å². The van der Waals surface area contributed by atoms with Crippen molar-refractivity contribution < 1.29 is 13.6 Å². The molecule has 2 N–H and O–H groups in total. The Kier molecular flexibility index (Phi) is 5.92. The summed E-state index contributed by atoms with van der Waals surface area (Å²) in [5, 5.41) is 0. The summed E-state index contributed by atoms with van der Waals surface area (Å²) in [7, 11) is 3.13. The highest BCUT2D eigenvalue weighted by Crippen LogP contribution is 2.36. The zero-order valence-corrected chi connectivity index (χ0v) is 11.7. The van der Waals surface area contributed by atoms with Crippen LogP contribution in [0.4, 0.5) is 0 Å². The molecule has 0 aromatic rings. The normalized spacial score (nSPS) is 29.2. The van der Waals surface area contributed by atoms with E-state index in [4.69, 9.17) is 19.3 Å². The number of methoxy groups -OCH3 is 1. The molecule has 1 saturated heterocycles. The molecule has 0 aromatic heterocycles. The van der Waals surface area contributed by atoms with Crippen molar-refractivity contribution in [1.29, 1.82) is 0 Å². The van der Waals surface area contributed by atoms with Gasteiger partial charge in [0.1, 0.15) is 5.73 Å². The topological polar surface area (TPSA) is 53.7 Å². The molecule has 16 heavy (non-hydrogen) atoms. The Balaban J connectivity index is 2.61. The third-order valence-corrected chi connectivity index (χ3v) is 7.73. The van der Waals surface area contributed by atoms with Crippen molar-refractivity contribution in [2.24, 2.45) is 11.7 Å².